The smallest absolute Gasteiger partial charge is 0.270 e. The van der Waals surface area contributed by atoms with Crippen LogP contribution in [0.4, 0.5) is 5.69 Å². The summed E-state index contributed by atoms with van der Waals surface area (Å²) in [6.45, 7) is 6.66. The quantitative estimate of drug-likeness (QED) is 0.482. The van der Waals surface area contributed by atoms with Gasteiger partial charge >= 0.3 is 0 Å². The predicted molar refractivity (Wildman–Crippen MR) is 110 cm³/mol. The van der Waals surface area contributed by atoms with E-state index in [0.29, 0.717) is 12.5 Å². The van der Waals surface area contributed by atoms with Crippen molar-refractivity contribution in [2.45, 2.75) is 39.3 Å². The Hall–Kier alpha value is -3.19. The van der Waals surface area contributed by atoms with Gasteiger partial charge in [0.1, 0.15) is 5.82 Å². The summed E-state index contributed by atoms with van der Waals surface area (Å²) in [6, 6.07) is 12.4. The summed E-state index contributed by atoms with van der Waals surface area (Å²) < 4.78 is 0. The molecule has 148 valence electrons. The third-order valence-electron chi connectivity index (χ3n) is 5.09. The fourth-order valence-corrected chi connectivity index (χ4v) is 3.54. The Bertz CT molecular complexity index is 1050. The Kier molecular flexibility index (Phi) is 5.31. The van der Waals surface area contributed by atoms with Crippen molar-refractivity contribution in [1.82, 2.24) is 19.9 Å². The van der Waals surface area contributed by atoms with Gasteiger partial charge in [-0.05, 0) is 12.1 Å². The predicted octanol–water partition coefficient (Wildman–Crippen LogP) is 4.13. The lowest BCUT2D eigenvalue weighted by Crippen LogP contribution is -2.31. The van der Waals surface area contributed by atoms with E-state index in [1.807, 2.05) is 30.5 Å². The van der Waals surface area contributed by atoms with Crippen molar-refractivity contribution >= 4 is 5.69 Å². The molecule has 7 heteroatoms. The summed E-state index contributed by atoms with van der Waals surface area (Å²) in [5.41, 5.74) is 4.84. The molecular formula is C22H23N5O2. The minimum atomic E-state index is -0.384. The van der Waals surface area contributed by atoms with Gasteiger partial charge in [-0.15, -0.1) is 0 Å². The molecule has 0 fully saturated rings. The number of benzene rings is 1. The SMILES string of the molecule is CC(C)c1ncc2c(n1)CCN(Cc1cccc(-c3cccc([N+](=O)[O-])c3)n1)C2. The number of nitrogens with zero attached hydrogens (tertiary/aromatic N) is 5. The number of non-ortho nitro benzene ring substituents is 1. The maximum Gasteiger partial charge on any atom is 0.270 e. The lowest BCUT2D eigenvalue weighted by molar-refractivity contribution is -0.384. The van der Waals surface area contributed by atoms with Gasteiger partial charge in [-0.1, -0.05) is 32.0 Å². The van der Waals surface area contributed by atoms with Crippen LogP contribution >= 0.6 is 0 Å². The van der Waals surface area contributed by atoms with Crippen molar-refractivity contribution in [3.05, 3.63) is 81.6 Å². The van der Waals surface area contributed by atoms with E-state index in [-0.39, 0.29) is 10.6 Å². The lowest BCUT2D eigenvalue weighted by Gasteiger charge is -2.28. The monoisotopic (exact) mass is 389 g/mol. The van der Waals surface area contributed by atoms with E-state index in [9.17, 15) is 10.1 Å². The highest BCUT2D eigenvalue weighted by Crippen LogP contribution is 2.24. The van der Waals surface area contributed by atoms with Crippen LogP contribution in [0.1, 0.15) is 42.5 Å². The van der Waals surface area contributed by atoms with Crippen LogP contribution in [-0.4, -0.2) is 31.3 Å². The summed E-state index contributed by atoms with van der Waals surface area (Å²) in [5.74, 6) is 1.24. The molecule has 0 radical (unpaired) electrons. The van der Waals surface area contributed by atoms with Crippen molar-refractivity contribution in [2.75, 3.05) is 6.54 Å². The summed E-state index contributed by atoms with van der Waals surface area (Å²) >= 11 is 0. The van der Waals surface area contributed by atoms with E-state index in [2.05, 4.69) is 23.7 Å². The molecule has 1 aromatic carbocycles. The molecule has 0 amide bonds. The van der Waals surface area contributed by atoms with Crippen LogP contribution in [0.2, 0.25) is 0 Å². The number of pyridine rings is 1. The number of rotatable bonds is 5. The average Bonchev–Trinajstić information content (AvgIpc) is 2.73. The molecule has 7 nitrogen and oxygen atoms in total. The molecule has 0 aliphatic carbocycles. The van der Waals surface area contributed by atoms with Gasteiger partial charge in [0.2, 0.25) is 0 Å². The van der Waals surface area contributed by atoms with Gasteiger partial charge in [0.05, 0.1) is 16.3 Å². The molecule has 3 heterocycles. The molecular weight excluding hydrogens is 366 g/mol. The molecule has 0 saturated carbocycles. The third-order valence-corrected chi connectivity index (χ3v) is 5.09. The highest BCUT2D eigenvalue weighted by molar-refractivity contribution is 5.62. The van der Waals surface area contributed by atoms with Crippen molar-refractivity contribution < 1.29 is 4.92 Å². The minimum Gasteiger partial charge on any atom is -0.293 e. The first kappa shape index (κ1) is 19.1. The zero-order chi connectivity index (χ0) is 20.4. The second-order valence-electron chi connectivity index (χ2n) is 7.64. The van der Waals surface area contributed by atoms with Crippen LogP contribution in [0.25, 0.3) is 11.3 Å². The highest BCUT2D eigenvalue weighted by Gasteiger charge is 2.20. The van der Waals surface area contributed by atoms with Gasteiger partial charge in [0.15, 0.2) is 0 Å². The number of hydrogen-bond donors (Lipinski definition) is 0. The highest BCUT2D eigenvalue weighted by atomic mass is 16.6. The summed E-state index contributed by atoms with van der Waals surface area (Å²) in [6.07, 6.45) is 2.86. The van der Waals surface area contributed by atoms with Gasteiger partial charge in [0, 0.05) is 67.1 Å². The van der Waals surface area contributed by atoms with Crippen molar-refractivity contribution in [2.24, 2.45) is 0 Å². The average molecular weight is 389 g/mol. The Morgan fingerprint density at radius 2 is 2.00 bits per heavy atom. The number of nitro benzene ring substituents is 1. The summed E-state index contributed by atoms with van der Waals surface area (Å²) in [5, 5.41) is 11.0. The van der Waals surface area contributed by atoms with Crippen LogP contribution < -0.4 is 0 Å². The standard InChI is InChI=1S/C22H23N5O2/c1-15(2)22-23-12-17-13-26(10-9-21(17)25-22)14-18-6-4-8-20(24-18)16-5-3-7-19(11-16)27(28)29/h3-8,11-12,15H,9-10,13-14H2,1-2H3. The largest absolute Gasteiger partial charge is 0.293 e. The van der Waals surface area contributed by atoms with Crippen molar-refractivity contribution in [3.8, 4) is 11.3 Å². The van der Waals surface area contributed by atoms with Crippen LogP contribution in [0.5, 0.6) is 0 Å². The molecule has 0 unspecified atom stereocenters. The third kappa shape index (κ3) is 4.30. The molecule has 0 atom stereocenters. The minimum absolute atomic E-state index is 0.0723. The Balaban J connectivity index is 1.50. The molecule has 0 bridgehead atoms. The van der Waals surface area contributed by atoms with Gasteiger partial charge in [-0.3, -0.25) is 20.0 Å². The van der Waals surface area contributed by atoms with Crippen molar-refractivity contribution in [1.29, 1.82) is 0 Å². The Morgan fingerprint density at radius 3 is 2.79 bits per heavy atom. The normalized spacial score (nSPS) is 14.0. The number of nitro groups is 1. The van der Waals surface area contributed by atoms with Crippen LogP contribution in [-0.2, 0) is 19.5 Å². The lowest BCUT2D eigenvalue weighted by atomic mass is 10.1. The number of hydrogen-bond acceptors (Lipinski definition) is 6. The Morgan fingerprint density at radius 1 is 1.17 bits per heavy atom. The molecule has 4 rings (SSSR count). The molecule has 3 aromatic rings. The first-order valence-corrected chi connectivity index (χ1v) is 9.77. The van der Waals surface area contributed by atoms with Gasteiger partial charge in [-0.2, -0.15) is 0 Å². The molecule has 0 saturated heterocycles. The van der Waals surface area contributed by atoms with E-state index >= 15 is 0 Å². The zero-order valence-corrected chi connectivity index (χ0v) is 16.6. The molecule has 0 spiro atoms. The van der Waals surface area contributed by atoms with Crippen LogP contribution in [0.15, 0.2) is 48.7 Å². The number of aromatic nitrogens is 3. The fourth-order valence-electron chi connectivity index (χ4n) is 3.54. The molecule has 0 N–H and O–H groups in total. The molecule has 29 heavy (non-hydrogen) atoms. The van der Waals surface area contributed by atoms with Gasteiger partial charge in [0.25, 0.3) is 5.69 Å². The topological polar surface area (TPSA) is 85.0 Å². The van der Waals surface area contributed by atoms with E-state index in [1.54, 1.807) is 12.1 Å². The fraction of sp³-hybridized carbons (Fsp3) is 0.318. The maximum atomic E-state index is 11.0. The number of fused-ring (bicyclic) bond motifs is 1. The van der Waals surface area contributed by atoms with E-state index in [4.69, 9.17) is 9.97 Å². The van der Waals surface area contributed by atoms with Crippen LogP contribution in [0, 0.1) is 10.1 Å². The van der Waals surface area contributed by atoms with Gasteiger partial charge in [-0.25, -0.2) is 9.97 Å². The van der Waals surface area contributed by atoms with E-state index in [0.717, 1.165) is 48.0 Å². The van der Waals surface area contributed by atoms with E-state index in [1.165, 1.54) is 11.6 Å². The van der Waals surface area contributed by atoms with Crippen molar-refractivity contribution in [3.63, 3.8) is 0 Å². The van der Waals surface area contributed by atoms with E-state index < -0.39 is 0 Å². The second-order valence-corrected chi connectivity index (χ2v) is 7.64. The first-order chi connectivity index (χ1) is 14.0. The molecule has 1 aliphatic heterocycles. The first-order valence-electron chi connectivity index (χ1n) is 9.77. The van der Waals surface area contributed by atoms with Crippen LogP contribution in [0.3, 0.4) is 0 Å². The van der Waals surface area contributed by atoms with Gasteiger partial charge < -0.3 is 0 Å². The maximum absolute atomic E-state index is 11.0. The molecule has 1 aliphatic rings. The zero-order valence-electron chi connectivity index (χ0n) is 16.6. The molecule has 2 aromatic heterocycles. The summed E-state index contributed by atoms with van der Waals surface area (Å²) in [4.78, 5) is 26.9. The Labute approximate surface area is 169 Å². The second kappa shape index (κ2) is 8.05. The summed E-state index contributed by atoms with van der Waals surface area (Å²) in [7, 11) is 0.